The van der Waals surface area contributed by atoms with Crippen LogP contribution in [-0.2, 0) is 4.79 Å². The minimum absolute atomic E-state index is 0.0742. The Labute approximate surface area is 158 Å². The van der Waals surface area contributed by atoms with Gasteiger partial charge in [-0.15, -0.1) is 0 Å². The molecule has 1 N–H and O–H groups in total. The van der Waals surface area contributed by atoms with Crippen LogP contribution in [0, 0.1) is 0 Å². The first-order valence-corrected chi connectivity index (χ1v) is 9.33. The number of carbonyl (C=O) groups excluding carboxylic acids is 2. The van der Waals surface area contributed by atoms with E-state index in [9.17, 15) is 9.59 Å². The smallest absolute Gasteiger partial charge is 0.286 e. The molecule has 3 aromatic rings. The zero-order valence-corrected chi connectivity index (χ0v) is 15.1. The molecule has 1 saturated heterocycles. The number of carbonyl (C=O) groups is 2. The first-order chi connectivity index (χ1) is 13.2. The molecule has 138 valence electrons. The zero-order chi connectivity index (χ0) is 18.6. The van der Waals surface area contributed by atoms with Gasteiger partial charge in [-0.2, -0.15) is 0 Å². The number of amides is 2. The van der Waals surface area contributed by atoms with Crippen molar-refractivity contribution in [2.24, 2.45) is 0 Å². The average molecular weight is 362 g/mol. The van der Waals surface area contributed by atoms with Crippen molar-refractivity contribution >= 4 is 22.6 Å². The Kier molecular flexibility index (Phi) is 4.92. The molecule has 2 aromatic carbocycles. The van der Waals surface area contributed by atoms with Crippen molar-refractivity contribution in [2.45, 2.75) is 25.3 Å². The average Bonchev–Trinajstić information content (AvgIpc) is 3.39. The van der Waals surface area contributed by atoms with Gasteiger partial charge in [-0.3, -0.25) is 9.59 Å². The summed E-state index contributed by atoms with van der Waals surface area (Å²) in [6.45, 7) is 1.07. The number of benzene rings is 2. The van der Waals surface area contributed by atoms with Crippen LogP contribution in [0.4, 0.5) is 0 Å². The highest BCUT2D eigenvalue weighted by molar-refractivity contribution is 5.91. The van der Waals surface area contributed by atoms with Crippen LogP contribution < -0.4 is 5.32 Å². The first kappa shape index (κ1) is 17.3. The number of furan rings is 1. The molecular formula is C22H22N2O3. The maximum Gasteiger partial charge on any atom is 0.286 e. The molecule has 2 amide bonds. The number of nitrogens with zero attached hydrogens (tertiary/aromatic N) is 1. The Hall–Kier alpha value is -3.08. The van der Waals surface area contributed by atoms with Crippen molar-refractivity contribution < 1.29 is 14.0 Å². The van der Waals surface area contributed by atoms with Gasteiger partial charge in [-0.25, -0.2) is 0 Å². The van der Waals surface area contributed by atoms with Crippen LogP contribution in [-0.4, -0.2) is 29.8 Å². The molecule has 0 bridgehead atoms. The summed E-state index contributed by atoms with van der Waals surface area (Å²) in [5.74, 6) is 0.0438. The molecule has 1 aliphatic heterocycles. The molecule has 5 heteroatoms. The summed E-state index contributed by atoms with van der Waals surface area (Å²) in [5.41, 5.74) is 1.21. The van der Waals surface area contributed by atoms with Crippen LogP contribution in [0.2, 0.25) is 0 Å². The fourth-order valence-corrected chi connectivity index (χ4v) is 3.85. The van der Waals surface area contributed by atoms with E-state index in [1.165, 1.54) is 22.6 Å². The molecule has 4 rings (SSSR count). The van der Waals surface area contributed by atoms with E-state index in [1.54, 1.807) is 12.1 Å². The molecular weight excluding hydrogens is 340 g/mol. The molecule has 0 aliphatic carbocycles. The molecule has 1 atom stereocenters. The van der Waals surface area contributed by atoms with Crippen molar-refractivity contribution in [1.82, 2.24) is 10.2 Å². The Morgan fingerprint density at radius 1 is 1.07 bits per heavy atom. The number of rotatable bonds is 5. The topological polar surface area (TPSA) is 62.6 Å². The lowest BCUT2D eigenvalue weighted by atomic mass is 9.97. The Morgan fingerprint density at radius 2 is 1.93 bits per heavy atom. The highest BCUT2D eigenvalue weighted by Gasteiger charge is 2.30. The van der Waals surface area contributed by atoms with E-state index in [2.05, 4.69) is 35.6 Å². The molecule has 0 saturated carbocycles. The second-order valence-electron chi connectivity index (χ2n) is 6.80. The number of hydrogen-bond acceptors (Lipinski definition) is 3. The molecule has 0 spiro atoms. The van der Waals surface area contributed by atoms with E-state index in [1.807, 2.05) is 17.0 Å². The highest BCUT2D eigenvalue weighted by atomic mass is 16.3. The number of fused-ring (bicyclic) bond motifs is 1. The van der Waals surface area contributed by atoms with Crippen molar-refractivity contribution in [1.29, 1.82) is 0 Å². The predicted octanol–water partition coefficient (Wildman–Crippen LogP) is 3.92. The van der Waals surface area contributed by atoms with Gasteiger partial charge in [0, 0.05) is 19.5 Å². The van der Waals surface area contributed by atoms with Gasteiger partial charge in [0.05, 0.1) is 12.3 Å². The van der Waals surface area contributed by atoms with Gasteiger partial charge in [-0.05, 0) is 41.3 Å². The Balaban J connectivity index is 1.43. The molecule has 1 fully saturated rings. The quantitative estimate of drug-likeness (QED) is 0.748. The van der Waals surface area contributed by atoms with Crippen molar-refractivity contribution in [3.05, 3.63) is 72.2 Å². The standard InChI is InChI=1S/C22H22N2O3/c25-21(12-13-23-22(26)20-11-5-15-27-20)24-14-4-10-19(24)18-9-3-7-16-6-1-2-8-17(16)18/h1-3,5-9,11,15,19H,4,10,12-14H2,(H,23,26)/t19-/m1/s1. The predicted molar refractivity (Wildman–Crippen MR) is 103 cm³/mol. The van der Waals surface area contributed by atoms with Crippen LogP contribution in [0.15, 0.2) is 65.3 Å². The largest absolute Gasteiger partial charge is 0.459 e. The summed E-state index contributed by atoms with van der Waals surface area (Å²) in [6, 6.07) is 17.9. The lowest BCUT2D eigenvalue weighted by Crippen LogP contribution is -2.34. The fraction of sp³-hybridized carbons (Fsp3) is 0.273. The van der Waals surface area contributed by atoms with Crippen LogP contribution >= 0.6 is 0 Å². The van der Waals surface area contributed by atoms with Gasteiger partial charge in [-0.1, -0.05) is 42.5 Å². The van der Waals surface area contributed by atoms with E-state index >= 15 is 0 Å². The summed E-state index contributed by atoms with van der Waals surface area (Å²) in [6.07, 6.45) is 3.71. The monoisotopic (exact) mass is 362 g/mol. The summed E-state index contributed by atoms with van der Waals surface area (Å²) >= 11 is 0. The van der Waals surface area contributed by atoms with Crippen molar-refractivity contribution in [3.8, 4) is 0 Å². The van der Waals surface area contributed by atoms with Gasteiger partial charge in [0.25, 0.3) is 5.91 Å². The number of nitrogens with one attached hydrogen (secondary N) is 1. The maximum atomic E-state index is 12.8. The minimum atomic E-state index is -0.292. The van der Waals surface area contributed by atoms with Gasteiger partial charge in [0.15, 0.2) is 5.76 Å². The van der Waals surface area contributed by atoms with E-state index in [-0.39, 0.29) is 30.0 Å². The molecule has 1 aliphatic rings. The van der Waals surface area contributed by atoms with Crippen molar-refractivity contribution in [2.75, 3.05) is 13.1 Å². The van der Waals surface area contributed by atoms with Gasteiger partial charge >= 0.3 is 0 Å². The van der Waals surface area contributed by atoms with Crippen LogP contribution in [0.25, 0.3) is 10.8 Å². The van der Waals surface area contributed by atoms with E-state index in [4.69, 9.17) is 4.42 Å². The third-order valence-electron chi connectivity index (χ3n) is 5.12. The Bertz CT molecular complexity index is 944. The lowest BCUT2D eigenvalue weighted by Gasteiger charge is -2.26. The van der Waals surface area contributed by atoms with Crippen LogP contribution in [0.1, 0.15) is 41.4 Å². The van der Waals surface area contributed by atoms with E-state index in [0.717, 1.165) is 19.4 Å². The summed E-state index contributed by atoms with van der Waals surface area (Å²) in [7, 11) is 0. The summed E-state index contributed by atoms with van der Waals surface area (Å²) in [5, 5.41) is 5.14. The van der Waals surface area contributed by atoms with Crippen molar-refractivity contribution in [3.63, 3.8) is 0 Å². The molecule has 27 heavy (non-hydrogen) atoms. The number of hydrogen-bond donors (Lipinski definition) is 1. The maximum absolute atomic E-state index is 12.8. The van der Waals surface area contributed by atoms with Gasteiger partial charge in [0.1, 0.15) is 0 Å². The second kappa shape index (κ2) is 7.66. The van der Waals surface area contributed by atoms with Crippen LogP contribution in [0.3, 0.4) is 0 Å². The summed E-state index contributed by atoms with van der Waals surface area (Å²) in [4.78, 5) is 26.7. The molecule has 2 heterocycles. The molecule has 1 aromatic heterocycles. The van der Waals surface area contributed by atoms with Gasteiger partial charge < -0.3 is 14.6 Å². The zero-order valence-electron chi connectivity index (χ0n) is 15.1. The third kappa shape index (κ3) is 3.58. The van der Waals surface area contributed by atoms with Gasteiger partial charge in [0.2, 0.25) is 5.91 Å². The molecule has 0 unspecified atom stereocenters. The van der Waals surface area contributed by atoms with E-state index in [0.29, 0.717) is 6.54 Å². The SMILES string of the molecule is O=C(NCCC(=O)N1CCC[C@@H]1c1cccc2ccccc12)c1ccco1. The Morgan fingerprint density at radius 3 is 2.78 bits per heavy atom. The minimum Gasteiger partial charge on any atom is -0.459 e. The molecule has 0 radical (unpaired) electrons. The summed E-state index contributed by atoms with van der Waals surface area (Å²) < 4.78 is 5.06. The first-order valence-electron chi connectivity index (χ1n) is 9.33. The molecule has 5 nitrogen and oxygen atoms in total. The highest BCUT2D eigenvalue weighted by Crippen LogP contribution is 2.36. The van der Waals surface area contributed by atoms with E-state index < -0.39 is 0 Å². The van der Waals surface area contributed by atoms with Crippen LogP contribution in [0.5, 0.6) is 0 Å². The second-order valence-corrected chi connectivity index (χ2v) is 6.80. The number of likely N-dealkylation sites (tertiary alicyclic amines) is 1. The lowest BCUT2D eigenvalue weighted by molar-refractivity contribution is -0.131. The third-order valence-corrected chi connectivity index (χ3v) is 5.12. The fourth-order valence-electron chi connectivity index (χ4n) is 3.85. The normalized spacial score (nSPS) is 16.6.